The number of halogens is 1. The van der Waals surface area contributed by atoms with Crippen molar-refractivity contribution in [3.05, 3.63) is 17.3 Å². The summed E-state index contributed by atoms with van der Waals surface area (Å²) in [6.45, 7) is 0. The van der Waals surface area contributed by atoms with E-state index in [9.17, 15) is 9.59 Å². The Balaban J connectivity index is 2.79. The number of methoxy groups -OCH3 is 2. The van der Waals surface area contributed by atoms with Crippen LogP contribution in [0.5, 0.6) is 11.6 Å². The Hall–Kier alpha value is -2.02. The first kappa shape index (κ1) is 13.0. The molecule has 17 heavy (non-hydrogen) atoms. The highest BCUT2D eigenvalue weighted by Gasteiger charge is 2.12. The fourth-order valence-corrected chi connectivity index (χ4v) is 0.992. The van der Waals surface area contributed by atoms with Crippen LogP contribution in [0, 0.1) is 0 Å². The maximum atomic E-state index is 10.8. The smallest absolute Gasteiger partial charge is 0.437 e. The summed E-state index contributed by atoms with van der Waals surface area (Å²) in [4.78, 5) is 25.2. The predicted octanol–water partition coefficient (Wildman–Crippen LogP) is 2.03. The number of rotatable bonds is 2. The summed E-state index contributed by atoms with van der Waals surface area (Å²) in [5.41, 5.74) is 0. The molecule has 0 bridgehead atoms. The summed E-state index contributed by atoms with van der Waals surface area (Å²) in [7, 11) is 2.30. The van der Waals surface area contributed by atoms with Crippen molar-refractivity contribution in [1.29, 1.82) is 0 Å². The lowest BCUT2D eigenvalue weighted by Crippen LogP contribution is -2.10. The molecule has 0 radical (unpaired) electrons. The Morgan fingerprint density at radius 2 is 1.76 bits per heavy atom. The van der Waals surface area contributed by atoms with Gasteiger partial charge in [-0.2, -0.15) is 0 Å². The van der Waals surface area contributed by atoms with E-state index in [-0.39, 0.29) is 16.7 Å². The van der Waals surface area contributed by atoms with Crippen molar-refractivity contribution in [2.45, 2.75) is 0 Å². The van der Waals surface area contributed by atoms with E-state index >= 15 is 0 Å². The molecular formula is C9H8ClNO6. The van der Waals surface area contributed by atoms with E-state index < -0.39 is 12.3 Å². The molecule has 92 valence electrons. The van der Waals surface area contributed by atoms with Crippen molar-refractivity contribution in [3.63, 3.8) is 0 Å². The zero-order valence-corrected chi connectivity index (χ0v) is 9.69. The topological polar surface area (TPSA) is 84.0 Å². The maximum absolute atomic E-state index is 10.8. The van der Waals surface area contributed by atoms with Gasteiger partial charge in [0.1, 0.15) is 5.02 Å². The molecule has 0 atom stereocenters. The molecule has 0 N–H and O–H groups in total. The number of carbonyl (C=O) groups excluding carboxylic acids is 2. The second-order valence-electron chi connectivity index (χ2n) is 2.57. The molecule has 1 heterocycles. The summed E-state index contributed by atoms with van der Waals surface area (Å²) in [5, 5.41) is -0.0168. The molecule has 0 aliphatic heterocycles. The van der Waals surface area contributed by atoms with Gasteiger partial charge in [0.05, 0.1) is 20.4 Å². The van der Waals surface area contributed by atoms with Gasteiger partial charge in [-0.1, -0.05) is 11.6 Å². The first-order valence-electron chi connectivity index (χ1n) is 4.24. The average molecular weight is 262 g/mol. The lowest BCUT2D eigenvalue weighted by Gasteiger charge is -2.05. The van der Waals surface area contributed by atoms with Gasteiger partial charge in [0, 0.05) is 6.07 Å². The molecule has 0 aliphatic carbocycles. The minimum absolute atomic E-state index is 0.0168. The Morgan fingerprint density at radius 1 is 1.18 bits per heavy atom. The Morgan fingerprint density at radius 3 is 2.29 bits per heavy atom. The van der Waals surface area contributed by atoms with Crippen LogP contribution in [-0.4, -0.2) is 31.5 Å². The van der Waals surface area contributed by atoms with E-state index in [1.165, 1.54) is 6.07 Å². The number of ether oxygens (including phenoxy) is 4. The van der Waals surface area contributed by atoms with Crippen molar-refractivity contribution in [1.82, 2.24) is 4.98 Å². The van der Waals surface area contributed by atoms with Crippen LogP contribution in [0.15, 0.2) is 12.3 Å². The average Bonchev–Trinajstić information content (AvgIpc) is 2.32. The predicted molar refractivity (Wildman–Crippen MR) is 55.3 cm³/mol. The van der Waals surface area contributed by atoms with E-state index in [4.69, 9.17) is 11.6 Å². The summed E-state index contributed by atoms with van der Waals surface area (Å²) in [6.07, 6.45) is -0.730. The third-order valence-electron chi connectivity index (χ3n) is 1.50. The van der Waals surface area contributed by atoms with Gasteiger partial charge in [0.15, 0.2) is 5.75 Å². The van der Waals surface area contributed by atoms with Gasteiger partial charge in [0.25, 0.3) is 0 Å². The summed E-state index contributed by atoms with van der Waals surface area (Å²) < 4.78 is 17.8. The number of nitrogens with zero attached hydrogens (tertiary/aromatic N) is 1. The third-order valence-corrected chi connectivity index (χ3v) is 1.77. The van der Waals surface area contributed by atoms with Crippen LogP contribution in [0.4, 0.5) is 9.59 Å². The van der Waals surface area contributed by atoms with Crippen molar-refractivity contribution in [3.8, 4) is 11.6 Å². The quantitative estimate of drug-likeness (QED) is 0.753. The summed E-state index contributed by atoms with van der Waals surface area (Å²) in [5.74, 6) is -0.102. The van der Waals surface area contributed by atoms with Gasteiger partial charge < -0.3 is 18.9 Å². The van der Waals surface area contributed by atoms with Gasteiger partial charge in [0.2, 0.25) is 5.88 Å². The molecule has 1 aromatic heterocycles. The Kier molecular flexibility index (Phi) is 4.53. The molecule has 0 unspecified atom stereocenters. The Labute approximate surface area is 101 Å². The molecule has 0 aromatic carbocycles. The third kappa shape index (κ3) is 3.80. The van der Waals surface area contributed by atoms with Crippen LogP contribution in [0.25, 0.3) is 0 Å². The minimum Gasteiger partial charge on any atom is -0.437 e. The number of pyridine rings is 1. The number of carbonyl (C=O) groups is 2. The van der Waals surface area contributed by atoms with Crippen molar-refractivity contribution < 1.29 is 28.5 Å². The lowest BCUT2D eigenvalue weighted by molar-refractivity contribution is 0.117. The van der Waals surface area contributed by atoms with E-state index in [0.29, 0.717) is 0 Å². The molecule has 1 aromatic rings. The normalized spacial score (nSPS) is 9.35. The largest absolute Gasteiger partial charge is 0.514 e. The zero-order valence-electron chi connectivity index (χ0n) is 8.93. The second-order valence-corrected chi connectivity index (χ2v) is 2.98. The summed E-state index contributed by atoms with van der Waals surface area (Å²) >= 11 is 5.73. The first-order chi connectivity index (χ1) is 8.06. The van der Waals surface area contributed by atoms with Gasteiger partial charge in [-0.25, -0.2) is 14.6 Å². The molecule has 0 aliphatic rings. The second kappa shape index (κ2) is 5.90. The monoisotopic (exact) mass is 261 g/mol. The maximum Gasteiger partial charge on any atom is 0.514 e. The van der Waals surface area contributed by atoms with Gasteiger partial charge in [-0.3, -0.25) is 0 Å². The van der Waals surface area contributed by atoms with E-state index in [2.05, 4.69) is 23.9 Å². The molecular weight excluding hydrogens is 254 g/mol. The van der Waals surface area contributed by atoms with E-state index in [1.54, 1.807) is 0 Å². The first-order valence-corrected chi connectivity index (χ1v) is 4.61. The van der Waals surface area contributed by atoms with Crippen molar-refractivity contribution in [2.24, 2.45) is 0 Å². The molecule has 0 saturated carbocycles. The fourth-order valence-electron chi connectivity index (χ4n) is 0.797. The SMILES string of the molecule is COC(=O)Oc1cnc(OC(=O)OC)c(Cl)c1. The van der Waals surface area contributed by atoms with E-state index in [1.807, 2.05) is 0 Å². The van der Waals surface area contributed by atoms with Crippen molar-refractivity contribution in [2.75, 3.05) is 14.2 Å². The van der Waals surface area contributed by atoms with Crippen LogP contribution in [0.2, 0.25) is 5.02 Å². The highest BCUT2D eigenvalue weighted by molar-refractivity contribution is 6.32. The van der Waals surface area contributed by atoms with Crippen LogP contribution < -0.4 is 9.47 Å². The molecule has 0 fully saturated rings. The lowest BCUT2D eigenvalue weighted by atomic mass is 10.4. The number of hydrogen-bond acceptors (Lipinski definition) is 7. The highest BCUT2D eigenvalue weighted by Crippen LogP contribution is 2.26. The van der Waals surface area contributed by atoms with Gasteiger partial charge in [-0.05, 0) is 0 Å². The molecule has 0 spiro atoms. The highest BCUT2D eigenvalue weighted by atomic mass is 35.5. The molecule has 0 amide bonds. The van der Waals surface area contributed by atoms with Crippen LogP contribution >= 0.6 is 11.6 Å². The molecule has 1 rings (SSSR count). The van der Waals surface area contributed by atoms with E-state index in [0.717, 1.165) is 20.4 Å². The number of aromatic nitrogens is 1. The fraction of sp³-hybridized carbons (Fsp3) is 0.222. The molecule has 0 saturated heterocycles. The van der Waals surface area contributed by atoms with Crippen LogP contribution in [-0.2, 0) is 9.47 Å². The van der Waals surface area contributed by atoms with Crippen LogP contribution in [0.3, 0.4) is 0 Å². The van der Waals surface area contributed by atoms with Gasteiger partial charge >= 0.3 is 12.3 Å². The van der Waals surface area contributed by atoms with Crippen LogP contribution in [0.1, 0.15) is 0 Å². The molecule has 8 heteroatoms. The summed E-state index contributed by atoms with van der Waals surface area (Å²) in [6, 6.07) is 1.24. The Bertz CT molecular complexity index is 435. The molecule has 7 nitrogen and oxygen atoms in total. The van der Waals surface area contributed by atoms with Gasteiger partial charge in [-0.15, -0.1) is 0 Å². The zero-order chi connectivity index (χ0) is 12.8. The minimum atomic E-state index is -0.957. The number of hydrogen-bond donors (Lipinski definition) is 0. The standard InChI is InChI=1S/C9H8ClNO6/c1-14-8(12)16-5-3-6(10)7(11-4-5)17-9(13)15-2/h3-4H,1-2H3. The van der Waals surface area contributed by atoms with Crippen molar-refractivity contribution >= 4 is 23.9 Å².